The molecule has 0 spiro atoms. The van der Waals surface area contributed by atoms with Crippen LogP contribution in [0, 0.1) is 0 Å². The molecular weight excluding hydrogens is 633 g/mol. The van der Waals surface area contributed by atoms with Crippen LogP contribution in [0.3, 0.4) is 0 Å². The fourth-order valence-corrected chi connectivity index (χ4v) is 7.35. The Kier molecular flexibility index (Phi) is 7.10. The monoisotopic (exact) mass is 662 g/mol. The van der Waals surface area contributed by atoms with Crippen LogP contribution in [0.4, 0.5) is 0 Å². The van der Waals surface area contributed by atoms with Crippen molar-refractivity contribution in [1.82, 2.24) is 19.9 Å². The van der Waals surface area contributed by atoms with Gasteiger partial charge in [0.1, 0.15) is 0 Å². The number of rotatable bonds is 5. The summed E-state index contributed by atoms with van der Waals surface area (Å²) >= 11 is 0. The van der Waals surface area contributed by atoms with E-state index in [9.17, 15) is 0 Å². The molecule has 0 saturated carbocycles. The zero-order chi connectivity index (χ0) is 34.4. The molecule has 0 aliphatic carbocycles. The largest absolute Gasteiger partial charge is 0.256 e. The van der Waals surface area contributed by atoms with Crippen molar-refractivity contribution in [2.24, 2.45) is 0 Å². The molecular formula is C48H30N4. The second-order valence-corrected chi connectivity index (χ2v) is 13.1. The number of nitrogens with zero attached hydrogens (tertiary/aromatic N) is 4. The molecule has 0 bridgehead atoms. The highest BCUT2D eigenvalue weighted by atomic mass is 15.0. The van der Waals surface area contributed by atoms with Crippen molar-refractivity contribution in [3.63, 3.8) is 0 Å². The van der Waals surface area contributed by atoms with Crippen LogP contribution in [-0.4, -0.2) is 19.9 Å². The Morgan fingerprint density at radius 1 is 0.308 bits per heavy atom. The van der Waals surface area contributed by atoms with Gasteiger partial charge in [-0.05, 0) is 84.9 Å². The normalized spacial score (nSPS) is 11.5. The maximum atomic E-state index is 5.12. The van der Waals surface area contributed by atoms with Gasteiger partial charge in [-0.15, -0.1) is 0 Å². The van der Waals surface area contributed by atoms with E-state index in [0.717, 1.165) is 44.1 Å². The summed E-state index contributed by atoms with van der Waals surface area (Å²) in [4.78, 5) is 20.0. The number of fused-ring (bicyclic) bond motifs is 6. The van der Waals surface area contributed by atoms with Crippen LogP contribution in [0.25, 0.3) is 99.6 Å². The van der Waals surface area contributed by atoms with E-state index in [1.807, 2.05) is 48.7 Å². The zero-order valence-electron chi connectivity index (χ0n) is 28.1. The SMILES string of the molecule is c1ccc(-c2ccc3cc(-c4nc(-c5ccccc5)nc(-c5cccc(-c6cc7ncccc7c7c6ccc6ccccc67)c5)n4)ccc3c2)cc1. The van der Waals surface area contributed by atoms with E-state index in [0.29, 0.717) is 17.5 Å². The maximum absolute atomic E-state index is 5.12. The van der Waals surface area contributed by atoms with Gasteiger partial charge >= 0.3 is 0 Å². The van der Waals surface area contributed by atoms with Crippen molar-refractivity contribution < 1.29 is 0 Å². The van der Waals surface area contributed by atoms with Gasteiger partial charge in [-0.25, -0.2) is 15.0 Å². The van der Waals surface area contributed by atoms with Gasteiger partial charge in [0.15, 0.2) is 17.5 Å². The predicted octanol–water partition coefficient (Wildman–Crippen LogP) is 12.2. The second kappa shape index (κ2) is 12.4. The molecule has 52 heavy (non-hydrogen) atoms. The quantitative estimate of drug-likeness (QED) is 0.172. The van der Waals surface area contributed by atoms with E-state index in [2.05, 4.69) is 133 Å². The Morgan fingerprint density at radius 2 is 0.885 bits per heavy atom. The van der Waals surface area contributed by atoms with Crippen molar-refractivity contribution in [1.29, 1.82) is 0 Å². The highest BCUT2D eigenvalue weighted by molar-refractivity contribution is 6.23. The molecule has 0 fully saturated rings. The molecule has 0 aliphatic rings. The first-order chi connectivity index (χ1) is 25.7. The Bertz CT molecular complexity index is 2940. The van der Waals surface area contributed by atoms with Crippen LogP contribution < -0.4 is 0 Å². The number of hydrogen-bond donors (Lipinski definition) is 0. The summed E-state index contributed by atoms with van der Waals surface area (Å²) in [6.07, 6.45) is 1.87. The van der Waals surface area contributed by atoms with Crippen molar-refractivity contribution in [3.05, 3.63) is 182 Å². The Labute approximate surface area is 300 Å². The standard InChI is InChI=1S/C48H30N4/c1-3-11-31(12-4-1)34-20-21-36-28-39(23-22-35(36)27-34)48-51-46(33-14-5-2-6-15-33)50-47(52-48)38-17-9-16-37(29-38)43-30-44-42(19-10-26-49-44)45-40-18-8-7-13-32(40)24-25-41(43)45/h1-30H. The predicted molar refractivity (Wildman–Crippen MR) is 215 cm³/mol. The van der Waals surface area contributed by atoms with E-state index in [1.165, 1.54) is 38.1 Å². The smallest absolute Gasteiger partial charge is 0.164 e. The first-order valence-corrected chi connectivity index (χ1v) is 17.5. The number of hydrogen-bond acceptors (Lipinski definition) is 4. The molecule has 0 unspecified atom stereocenters. The van der Waals surface area contributed by atoms with Gasteiger partial charge in [-0.3, -0.25) is 4.98 Å². The van der Waals surface area contributed by atoms with E-state index in [4.69, 9.17) is 19.9 Å². The lowest BCUT2D eigenvalue weighted by Gasteiger charge is -2.14. The minimum atomic E-state index is 0.624. The van der Waals surface area contributed by atoms with Crippen LogP contribution >= 0.6 is 0 Å². The highest BCUT2D eigenvalue weighted by Crippen LogP contribution is 2.39. The third-order valence-corrected chi connectivity index (χ3v) is 9.91. The lowest BCUT2D eigenvalue weighted by molar-refractivity contribution is 1.07. The van der Waals surface area contributed by atoms with Gasteiger partial charge < -0.3 is 0 Å². The van der Waals surface area contributed by atoms with Gasteiger partial charge in [-0.2, -0.15) is 0 Å². The zero-order valence-corrected chi connectivity index (χ0v) is 28.1. The molecule has 242 valence electrons. The summed E-state index contributed by atoms with van der Waals surface area (Å²) in [5.41, 5.74) is 8.36. The number of pyridine rings is 1. The van der Waals surface area contributed by atoms with Crippen LogP contribution in [-0.2, 0) is 0 Å². The van der Waals surface area contributed by atoms with E-state index in [-0.39, 0.29) is 0 Å². The Hall–Kier alpha value is -7.04. The van der Waals surface area contributed by atoms with Gasteiger partial charge in [-0.1, -0.05) is 146 Å². The summed E-state index contributed by atoms with van der Waals surface area (Å²) in [6.45, 7) is 0. The average molecular weight is 663 g/mol. The maximum Gasteiger partial charge on any atom is 0.164 e. The molecule has 10 rings (SSSR count). The molecule has 4 nitrogen and oxygen atoms in total. The minimum Gasteiger partial charge on any atom is -0.256 e. The molecule has 10 aromatic rings. The third-order valence-electron chi connectivity index (χ3n) is 9.91. The Balaban J connectivity index is 1.13. The molecule has 0 radical (unpaired) electrons. The highest BCUT2D eigenvalue weighted by Gasteiger charge is 2.16. The fourth-order valence-electron chi connectivity index (χ4n) is 7.35. The van der Waals surface area contributed by atoms with E-state index >= 15 is 0 Å². The summed E-state index contributed by atoms with van der Waals surface area (Å²) in [6, 6.07) is 61.6. The third kappa shape index (κ3) is 5.26. The Morgan fingerprint density at radius 3 is 1.67 bits per heavy atom. The topological polar surface area (TPSA) is 51.6 Å². The summed E-state index contributed by atoms with van der Waals surface area (Å²) < 4.78 is 0. The van der Waals surface area contributed by atoms with Gasteiger partial charge in [0, 0.05) is 28.3 Å². The average Bonchev–Trinajstić information content (AvgIpc) is 3.23. The molecule has 0 amide bonds. The fraction of sp³-hybridized carbons (Fsp3) is 0. The lowest BCUT2D eigenvalue weighted by atomic mass is 9.91. The lowest BCUT2D eigenvalue weighted by Crippen LogP contribution is -2.00. The van der Waals surface area contributed by atoms with Gasteiger partial charge in [0.05, 0.1) is 5.52 Å². The van der Waals surface area contributed by atoms with Crippen LogP contribution in [0.2, 0.25) is 0 Å². The van der Waals surface area contributed by atoms with Crippen molar-refractivity contribution >= 4 is 43.2 Å². The number of aromatic nitrogens is 4. The molecule has 0 atom stereocenters. The molecule has 4 heteroatoms. The van der Waals surface area contributed by atoms with E-state index in [1.54, 1.807) is 0 Å². The second-order valence-electron chi connectivity index (χ2n) is 13.1. The summed E-state index contributed by atoms with van der Waals surface area (Å²) in [5.74, 6) is 1.89. The first-order valence-electron chi connectivity index (χ1n) is 17.5. The van der Waals surface area contributed by atoms with Crippen LogP contribution in [0.15, 0.2) is 182 Å². The number of benzene rings is 8. The van der Waals surface area contributed by atoms with Crippen LogP contribution in [0.1, 0.15) is 0 Å². The van der Waals surface area contributed by atoms with E-state index < -0.39 is 0 Å². The summed E-state index contributed by atoms with van der Waals surface area (Å²) in [5, 5.41) is 8.27. The molecule has 2 aromatic heterocycles. The molecule has 0 saturated heterocycles. The molecule has 2 heterocycles. The van der Waals surface area contributed by atoms with Crippen molar-refractivity contribution in [3.8, 4) is 56.4 Å². The van der Waals surface area contributed by atoms with Gasteiger partial charge in [0.2, 0.25) is 0 Å². The van der Waals surface area contributed by atoms with Crippen molar-refractivity contribution in [2.45, 2.75) is 0 Å². The van der Waals surface area contributed by atoms with Crippen molar-refractivity contribution in [2.75, 3.05) is 0 Å². The minimum absolute atomic E-state index is 0.624. The van der Waals surface area contributed by atoms with Gasteiger partial charge in [0.25, 0.3) is 0 Å². The molecule has 8 aromatic carbocycles. The molecule has 0 aliphatic heterocycles. The summed E-state index contributed by atoms with van der Waals surface area (Å²) in [7, 11) is 0. The molecule has 0 N–H and O–H groups in total. The van der Waals surface area contributed by atoms with Crippen LogP contribution in [0.5, 0.6) is 0 Å². The first kappa shape index (κ1) is 29.8.